The zero-order valence-electron chi connectivity index (χ0n) is 10.3. The fraction of sp³-hybridized carbons (Fsp3) is 0.500. The highest BCUT2D eigenvalue weighted by Gasteiger charge is 2.21. The Morgan fingerprint density at radius 3 is 2.69 bits per heavy atom. The molecule has 0 bridgehead atoms. The number of aromatic amines is 1. The van der Waals surface area contributed by atoms with Crippen LogP contribution in [0.4, 0.5) is 0 Å². The van der Waals surface area contributed by atoms with Crippen LogP contribution in [0.2, 0.25) is 0 Å². The number of nitrogens with zero attached hydrogens (tertiary/aromatic N) is 2. The molecule has 0 radical (unpaired) electrons. The first kappa shape index (κ1) is 11.1. The number of nitrogens with one attached hydrogen (secondary N) is 2. The average Bonchev–Trinajstić information content (AvgIpc) is 2.61. The highest BCUT2D eigenvalue weighted by Crippen LogP contribution is 2.28. The first-order valence-corrected chi connectivity index (χ1v) is 5.50. The van der Waals surface area contributed by atoms with Gasteiger partial charge in [-0.25, -0.2) is 9.97 Å². The maximum Gasteiger partial charge on any atom is 0.141 e. The number of H-pyrrole nitrogens is 1. The number of hydrogen-bond donors (Lipinski definition) is 2. The van der Waals surface area contributed by atoms with Gasteiger partial charge >= 0.3 is 0 Å². The van der Waals surface area contributed by atoms with Crippen LogP contribution < -0.4 is 5.32 Å². The molecule has 0 saturated heterocycles. The van der Waals surface area contributed by atoms with Crippen LogP contribution in [0.15, 0.2) is 12.5 Å². The van der Waals surface area contributed by atoms with E-state index in [0.717, 1.165) is 23.3 Å². The number of aromatic nitrogens is 3. The Morgan fingerprint density at radius 2 is 2.06 bits per heavy atom. The Hall–Kier alpha value is -1.42. The molecule has 2 aromatic rings. The Kier molecular flexibility index (Phi) is 2.68. The Bertz CT molecular complexity index is 493. The zero-order chi connectivity index (χ0) is 11.8. The van der Waals surface area contributed by atoms with Crippen LogP contribution in [-0.2, 0) is 12.0 Å². The van der Waals surface area contributed by atoms with E-state index in [1.165, 1.54) is 5.56 Å². The third-order valence-electron chi connectivity index (χ3n) is 2.63. The molecule has 0 saturated carbocycles. The van der Waals surface area contributed by atoms with E-state index in [-0.39, 0.29) is 5.41 Å². The summed E-state index contributed by atoms with van der Waals surface area (Å²) < 4.78 is 0. The van der Waals surface area contributed by atoms with Crippen molar-refractivity contribution in [3.8, 4) is 0 Å². The number of fused-ring (bicyclic) bond motifs is 1. The van der Waals surface area contributed by atoms with Crippen LogP contribution in [0.25, 0.3) is 11.0 Å². The van der Waals surface area contributed by atoms with E-state index < -0.39 is 0 Å². The minimum absolute atomic E-state index is 0.0336. The SMILES string of the molecule is CNCc1c[nH]c2ncnc(C(C)(C)C)c12. The molecule has 0 aromatic carbocycles. The lowest BCUT2D eigenvalue weighted by Gasteiger charge is -2.18. The van der Waals surface area contributed by atoms with Gasteiger partial charge in [-0.05, 0) is 12.6 Å². The van der Waals surface area contributed by atoms with E-state index >= 15 is 0 Å². The van der Waals surface area contributed by atoms with E-state index in [1.54, 1.807) is 6.33 Å². The van der Waals surface area contributed by atoms with Crippen molar-refractivity contribution in [2.45, 2.75) is 32.7 Å². The van der Waals surface area contributed by atoms with E-state index in [9.17, 15) is 0 Å². The fourth-order valence-corrected chi connectivity index (χ4v) is 1.93. The lowest BCUT2D eigenvalue weighted by Crippen LogP contribution is -2.15. The maximum absolute atomic E-state index is 4.43. The van der Waals surface area contributed by atoms with Gasteiger partial charge in [-0.1, -0.05) is 20.8 Å². The molecule has 0 spiro atoms. The van der Waals surface area contributed by atoms with Gasteiger partial charge in [0.1, 0.15) is 12.0 Å². The Morgan fingerprint density at radius 1 is 1.31 bits per heavy atom. The van der Waals surface area contributed by atoms with Crippen LogP contribution in [0, 0.1) is 0 Å². The topological polar surface area (TPSA) is 53.6 Å². The van der Waals surface area contributed by atoms with Crippen molar-refractivity contribution in [2.75, 3.05) is 7.05 Å². The highest BCUT2D eigenvalue weighted by molar-refractivity contribution is 5.82. The normalized spacial score (nSPS) is 12.2. The lowest BCUT2D eigenvalue weighted by atomic mass is 9.89. The van der Waals surface area contributed by atoms with Crippen molar-refractivity contribution < 1.29 is 0 Å². The monoisotopic (exact) mass is 218 g/mol. The van der Waals surface area contributed by atoms with Crippen LogP contribution in [0.5, 0.6) is 0 Å². The fourth-order valence-electron chi connectivity index (χ4n) is 1.93. The van der Waals surface area contributed by atoms with E-state index in [0.29, 0.717) is 0 Å². The lowest BCUT2D eigenvalue weighted by molar-refractivity contribution is 0.573. The molecule has 0 aliphatic heterocycles. The zero-order valence-corrected chi connectivity index (χ0v) is 10.3. The second-order valence-electron chi connectivity index (χ2n) is 5.04. The molecule has 2 aromatic heterocycles. The van der Waals surface area contributed by atoms with Gasteiger partial charge in [-0.2, -0.15) is 0 Å². The largest absolute Gasteiger partial charge is 0.346 e. The van der Waals surface area contributed by atoms with Crippen LogP contribution in [-0.4, -0.2) is 22.0 Å². The molecule has 2 N–H and O–H groups in total. The molecule has 0 atom stereocenters. The van der Waals surface area contributed by atoms with Gasteiger partial charge < -0.3 is 10.3 Å². The number of rotatable bonds is 2. The molecule has 0 aliphatic rings. The molecule has 0 unspecified atom stereocenters. The summed E-state index contributed by atoms with van der Waals surface area (Å²) in [6.45, 7) is 7.34. The van der Waals surface area contributed by atoms with Gasteiger partial charge in [0.15, 0.2) is 0 Å². The van der Waals surface area contributed by atoms with Crippen molar-refractivity contribution in [1.29, 1.82) is 0 Å². The van der Waals surface area contributed by atoms with Crippen LogP contribution >= 0.6 is 0 Å². The summed E-state index contributed by atoms with van der Waals surface area (Å²) >= 11 is 0. The predicted molar refractivity (Wildman–Crippen MR) is 65.4 cm³/mol. The molecule has 4 heteroatoms. The van der Waals surface area contributed by atoms with Gasteiger partial charge in [-0.15, -0.1) is 0 Å². The molecular weight excluding hydrogens is 200 g/mol. The summed E-state index contributed by atoms with van der Waals surface area (Å²) in [4.78, 5) is 11.9. The van der Waals surface area contributed by atoms with Gasteiger partial charge in [0.05, 0.1) is 5.69 Å². The first-order valence-electron chi connectivity index (χ1n) is 5.50. The molecule has 2 heterocycles. The predicted octanol–water partition coefficient (Wildman–Crippen LogP) is 1.97. The second kappa shape index (κ2) is 3.87. The molecule has 16 heavy (non-hydrogen) atoms. The van der Waals surface area contributed by atoms with Gasteiger partial charge in [0, 0.05) is 23.5 Å². The quantitative estimate of drug-likeness (QED) is 0.810. The van der Waals surface area contributed by atoms with E-state index in [1.807, 2.05) is 13.2 Å². The van der Waals surface area contributed by atoms with E-state index in [4.69, 9.17) is 0 Å². The Balaban J connectivity index is 2.68. The van der Waals surface area contributed by atoms with Gasteiger partial charge in [0.2, 0.25) is 0 Å². The Labute approximate surface area is 95.5 Å². The van der Waals surface area contributed by atoms with Crippen molar-refractivity contribution >= 4 is 11.0 Å². The maximum atomic E-state index is 4.43. The van der Waals surface area contributed by atoms with Crippen molar-refractivity contribution in [3.05, 3.63) is 23.8 Å². The van der Waals surface area contributed by atoms with Crippen molar-refractivity contribution in [3.63, 3.8) is 0 Å². The molecule has 0 fully saturated rings. The van der Waals surface area contributed by atoms with Crippen LogP contribution in [0.3, 0.4) is 0 Å². The summed E-state index contributed by atoms with van der Waals surface area (Å²) in [5.41, 5.74) is 3.28. The summed E-state index contributed by atoms with van der Waals surface area (Å²) in [5, 5.41) is 4.32. The first-order chi connectivity index (χ1) is 7.54. The molecule has 2 rings (SSSR count). The van der Waals surface area contributed by atoms with E-state index in [2.05, 4.69) is 41.0 Å². The molecule has 86 valence electrons. The number of hydrogen-bond acceptors (Lipinski definition) is 3. The van der Waals surface area contributed by atoms with Crippen molar-refractivity contribution in [1.82, 2.24) is 20.3 Å². The smallest absolute Gasteiger partial charge is 0.141 e. The molecular formula is C12H18N4. The van der Waals surface area contributed by atoms with Crippen LogP contribution in [0.1, 0.15) is 32.0 Å². The minimum atomic E-state index is 0.0336. The molecule has 0 aliphatic carbocycles. The molecule has 0 amide bonds. The summed E-state index contributed by atoms with van der Waals surface area (Å²) in [5.74, 6) is 0. The molecule has 4 nitrogen and oxygen atoms in total. The average molecular weight is 218 g/mol. The van der Waals surface area contributed by atoms with Gasteiger partial charge in [0.25, 0.3) is 0 Å². The minimum Gasteiger partial charge on any atom is -0.346 e. The van der Waals surface area contributed by atoms with Gasteiger partial charge in [-0.3, -0.25) is 0 Å². The standard InChI is InChI=1S/C12H18N4/c1-12(2,3)10-9-8(5-13-4)6-14-11(9)16-7-15-10/h6-7,13H,5H2,1-4H3,(H,14,15,16). The van der Waals surface area contributed by atoms with Crippen molar-refractivity contribution in [2.24, 2.45) is 0 Å². The summed E-state index contributed by atoms with van der Waals surface area (Å²) in [6, 6.07) is 0. The third kappa shape index (κ3) is 1.80. The highest BCUT2D eigenvalue weighted by atomic mass is 14.9. The summed E-state index contributed by atoms with van der Waals surface area (Å²) in [6.07, 6.45) is 3.63. The second-order valence-corrected chi connectivity index (χ2v) is 5.04. The summed E-state index contributed by atoms with van der Waals surface area (Å²) in [7, 11) is 1.94. The third-order valence-corrected chi connectivity index (χ3v) is 2.63.